The van der Waals surface area contributed by atoms with Crippen LogP contribution in [0.5, 0.6) is 0 Å². The highest BCUT2D eigenvalue weighted by atomic mass is 19.4. The number of amides is 1. The Morgan fingerprint density at radius 2 is 1.88 bits per heavy atom. The highest BCUT2D eigenvalue weighted by Crippen LogP contribution is 2.31. The minimum absolute atomic E-state index is 0.0311. The predicted octanol–water partition coefficient (Wildman–Crippen LogP) is 2.80. The van der Waals surface area contributed by atoms with Crippen molar-refractivity contribution in [1.82, 2.24) is 9.47 Å². The second-order valence-corrected chi connectivity index (χ2v) is 6.58. The molecule has 0 aliphatic carbocycles. The molecule has 1 amide bonds. The lowest BCUT2D eigenvalue weighted by atomic mass is 10.0. The number of benzene rings is 1. The molecule has 138 valence electrons. The molecule has 0 saturated carbocycles. The van der Waals surface area contributed by atoms with Crippen molar-refractivity contribution in [3.05, 3.63) is 63.1 Å². The van der Waals surface area contributed by atoms with Crippen LogP contribution in [-0.4, -0.2) is 21.4 Å². The van der Waals surface area contributed by atoms with Crippen LogP contribution in [0.1, 0.15) is 34.1 Å². The number of fused-ring (bicyclic) bond motifs is 1. The molecule has 0 spiro atoms. The molecule has 2 heterocycles. The maximum Gasteiger partial charge on any atom is 0.416 e. The SMILES string of the molecule is Cc1cc(CN2C(=O)c3ccc(N)c(=O)n3CC2C)cc(C(F)(F)F)c1. The predicted molar refractivity (Wildman–Crippen MR) is 90.6 cm³/mol. The lowest BCUT2D eigenvalue weighted by Crippen LogP contribution is -2.49. The van der Waals surface area contributed by atoms with Crippen molar-refractivity contribution >= 4 is 11.6 Å². The first kappa shape index (κ1) is 18.0. The van der Waals surface area contributed by atoms with Gasteiger partial charge >= 0.3 is 6.18 Å². The summed E-state index contributed by atoms with van der Waals surface area (Å²) in [6.45, 7) is 3.60. The fourth-order valence-corrected chi connectivity index (χ4v) is 3.22. The summed E-state index contributed by atoms with van der Waals surface area (Å²) in [5.41, 5.74) is 5.53. The van der Waals surface area contributed by atoms with E-state index in [-0.39, 0.29) is 30.5 Å². The quantitative estimate of drug-likeness (QED) is 0.890. The molecular weight excluding hydrogens is 347 g/mol. The van der Waals surface area contributed by atoms with Crippen molar-refractivity contribution < 1.29 is 18.0 Å². The zero-order chi connectivity index (χ0) is 19.2. The van der Waals surface area contributed by atoms with Crippen LogP contribution in [0.25, 0.3) is 0 Å². The minimum atomic E-state index is -4.45. The van der Waals surface area contributed by atoms with E-state index in [9.17, 15) is 22.8 Å². The molecule has 1 atom stereocenters. The number of pyridine rings is 1. The maximum atomic E-state index is 13.0. The first-order valence-electron chi connectivity index (χ1n) is 8.06. The second-order valence-electron chi connectivity index (χ2n) is 6.58. The number of nitrogens with two attached hydrogens (primary N) is 1. The summed E-state index contributed by atoms with van der Waals surface area (Å²) in [5.74, 6) is -0.407. The van der Waals surface area contributed by atoms with Crippen molar-refractivity contribution in [2.24, 2.45) is 0 Å². The molecule has 0 radical (unpaired) electrons. The van der Waals surface area contributed by atoms with Crippen molar-refractivity contribution in [3.63, 3.8) is 0 Å². The van der Waals surface area contributed by atoms with Gasteiger partial charge in [-0.15, -0.1) is 0 Å². The van der Waals surface area contributed by atoms with Crippen LogP contribution in [-0.2, 0) is 19.3 Å². The summed E-state index contributed by atoms with van der Waals surface area (Å²) in [4.78, 5) is 26.3. The van der Waals surface area contributed by atoms with Crippen LogP contribution in [0.4, 0.5) is 18.9 Å². The number of carbonyl (C=O) groups excluding carboxylic acids is 1. The van der Waals surface area contributed by atoms with Crippen molar-refractivity contribution in [3.8, 4) is 0 Å². The summed E-state index contributed by atoms with van der Waals surface area (Å²) in [6, 6.07) is 6.23. The number of hydrogen-bond donors (Lipinski definition) is 1. The number of hydrogen-bond acceptors (Lipinski definition) is 3. The first-order chi connectivity index (χ1) is 12.1. The number of halogens is 3. The van der Waals surface area contributed by atoms with Crippen molar-refractivity contribution in [2.45, 2.75) is 39.2 Å². The third kappa shape index (κ3) is 3.18. The van der Waals surface area contributed by atoms with E-state index < -0.39 is 23.2 Å². The number of carbonyl (C=O) groups is 1. The van der Waals surface area contributed by atoms with Gasteiger partial charge in [-0.05, 0) is 43.7 Å². The monoisotopic (exact) mass is 365 g/mol. The number of nitrogen functional groups attached to an aromatic ring is 1. The molecule has 1 aliphatic heterocycles. The molecule has 8 heteroatoms. The Morgan fingerprint density at radius 3 is 2.54 bits per heavy atom. The van der Waals surface area contributed by atoms with E-state index in [1.54, 1.807) is 19.9 Å². The van der Waals surface area contributed by atoms with E-state index >= 15 is 0 Å². The Bertz CT molecular complexity index is 934. The average molecular weight is 365 g/mol. The Hall–Kier alpha value is -2.77. The molecule has 3 rings (SSSR count). The largest absolute Gasteiger partial charge is 0.416 e. The lowest BCUT2D eigenvalue weighted by Gasteiger charge is -2.35. The molecule has 26 heavy (non-hydrogen) atoms. The van der Waals surface area contributed by atoms with Gasteiger partial charge in [-0.25, -0.2) is 0 Å². The van der Waals surface area contributed by atoms with Crippen molar-refractivity contribution in [2.75, 3.05) is 5.73 Å². The summed E-state index contributed by atoms with van der Waals surface area (Å²) >= 11 is 0. The Labute approximate surface area is 147 Å². The Morgan fingerprint density at radius 1 is 1.19 bits per heavy atom. The molecule has 1 aromatic heterocycles. The van der Waals surface area contributed by atoms with E-state index in [1.807, 2.05) is 0 Å². The Kier molecular flexibility index (Phi) is 4.29. The minimum Gasteiger partial charge on any atom is -0.394 e. The smallest absolute Gasteiger partial charge is 0.394 e. The molecule has 0 fully saturated rings. The van der Waals surface area contributed by atoms with E-state index in [2.05, 4.69) is 0 Å². The summed E-state index contributed by atoms with van der Waals surface area (Å²) in [5, 5.41) is 0. The van der Waals surface area contributed by atoms with Gasteiger partial charge in [-0.3, -0.25) is 9.59 Å². The molecule has 0 bridgehead atoms. The van der Waals surface area contributed by atoms with Crippen LogP contribution in [0.3, 0.4) is 0 Å². The molecule has 1 aliphatic rings. The van der Waals surface area contributed by atoms with Gasteiger partial charge in [0.05, 0.1) is 11.3 Å². The topological polar surface area (TPSA) is 68.3 Å². The number of aromatic nitrogens is 1. The number of alkyl halides is 3. The number of nitrogens with zero attached hydrogens (tertiary/aromatic N) is 2. The third-order valence-electron chi connectivity index (χ3n) is 4.48. The standard InChI is InChI=1S/C18H18F3N3O2/c1-10-5-12(7-13(6-10)18(19,20)21)9-23-11(2)8-24-15(17(23)26)4-3-14(22)16(24)25/h3-7,11H,8-9,22H2,1-2H3. The summed E-state index contributed by atoms with van der Waals surface area (Å²) in [6.07, 6.45) is -4.45. The van der Waals surface area contributed by atoms with Gasteiger partial charge in [0.2, 0.25) is 0 Å². The normalized spacial score (nSPS) is 17.3. The fraction of sp³-hybridized carbons (Fsp3) is 0.333. The number of anilines is 1. The maximum absolute atomic E-state index is 13.0. The number of rotatable bonds is 2. The lowest BCUT2D eigenvalue weighted by molar-refractivity contribution is -0.137. The van der Waals surface area contributed by atoms with Crippen LogP contribution < -0.4 is 11.3 Å². The van der Waals surface area contributed by atoms with Gasteiger partial charge in [0, 0.05) is 19.1 Å². The van der Waals surface area contributed by atoms with Crippen LogP contribution in [0.15, 0.2) is 35.1 Å². The molecular formula is C18H18F3N3O2. The van der Waals surface area contributed by atoms with Crippen LogP contribution >= 0.6 is 0 Å². The highest BCUT2D eigenvalue weighted by molar-refractivity contribution is 5.93. The summed E-state index contributed by atoms with van der Waals surface area (Å²) < 4.78 is 40.4. The van der Waals surface area contributed by atoms with Gasteiger partial charge in [-0.1, -0.05) is 11.6 Å². The van der Waals surface area contributed by atoms with Gasteiger partial charge < -0.3 is 15.2 Å². The van der Waals surface area contributed by atoms with E-state index in [4.69, 9.17) is 5.73 Å². The average Bonchev–Trinajstić information content (AvgIpc) is 2.54. The van der Waals surface area contributed by atoms with Gasteiger partial charge in [0.25, 0.3) is 11.5 Å². The van der Waals surface area contributed by atoms with Crippen LogP contribution in [0.2, 0.25) is 0 Å². The zero-order valence-electron chi connectivity index (χ0n) is 14.3. The zero-order valence-corrected chi connectivity index (χ0v) is 14.3. The van der Waals surface area contributed by atoms with Crippen molar-refractivity contribution in [1.29, 1.82) is 0 Å². The third-order valence-corrected chi connectivity index (χ3v) is 4.48. The van der Waals surface area contributed by atoms with E-state index in [1.165, 1.54) is 21.6 Å². The molecule has 0 saturated heterocycles. The Balaban J connectivity index is 1.96. The molecule has 2 N–H and O–H groups in total. The molecule has 5 nitrogen and oxygen atoms in total. The number of aryl methyl sites for hydroxylation is 1. The van der Waals surface area contributed by atoms with E-state index in [0.29, 0.717) is 11.1 Å². The van der Waals surface area contributed by atoms with Gasteiger partial charge in [0.1, 0.15) is 5.69 Å². The van der Waals surface area contributed by atoms with E-state index in [0.717, 1.165) is 12.1 Å². The molecule has 2 aromatic rings. The van der Waals surface area contributed by atoms with Gasteiger partial charge in [0.15, 0.2) is 0 Å². The highest BCUT2D eigenvalue weighted by Gasteiger charge is 2.33. The molecule has 1 unspecified atom stereocenters. The van der Waals surface area contributed by atoms with Crippen LogP contribution in [0, 0.1) is 6.92 Å². The van der Waals surface area contributed by atoms with Gasteiger partial charge in [-0.2, -0.15) is 13.2 Å². The fourth-order valence-electron chi connectivity index (χ4n) is 3.22. The first-order valence-corrected chi connectivity index (χ1v) is 8.06. The second kappa shape index (κ2) is 6.19. The summed E-state index contributed by atoms with van der Waals surface area (Å²) in [7, 11) is 0. The molecule has 1 aromatic carbocycles.